The summed E-state index contributed by atoms with van der Waals surface area (Å²) < 4.78 is 1.29. The third kappa shape index (κ3) is 5.48. The SMILES string of the molecule is Cc1c(C(=O)O)ccc2c1CC[C@@H]2NC(=O)c1cc(C(=O)NCc2ccc3c(c2)CC(N=C(N)N)CC3)nc2ncnn12. The van der Waals surface area contributed by atoms with E-state index in [1.807, 2.05) is 6.07 Å². The summed E-state index contributed by atoms with van der Waals surface area (Å²) in [5.74, 6) is -1.69. The fourth-order valence-corrected chi connectivity index (χ4v) is 6.08. The first kappa shape index (κ1) is 27.8. The molecule has 0 saturated heterocycles. The number of hydrogen-bond donors (Lipinski definition) is 5. The molecule has 2 aliphatic rings. The number of guanidine groups is 1. The number of aryl methyl sites for hydroxylation is 1. The highest BCUT2D eigenvalue weighted by Crippen LogP contribution is 2.35. The molecule has 2 amide bonds. The maximum atomic E-state index is 13.5. The number of fused-ring (bicyclic) bond motifs is 3. The number of aliphatic imine (C=N–C) groups is 1. The Kier molecular flexibility index (Phi) is 7.22. The van der Waals surface area contributed by atoms with E-state index in [1.165, 1.54) is 22.5 Å². The van der Waals surface area contributed by atoms with Crippen LogP contribution in [0.1, 0.15) is 83.6 Å². The number of rotatable bonds is 7. The molecule has 13 heteroatoms. The molecule has 13 nitrogen and oxygen atoms in total. The van der Waals surface area contributed by atoms with Crippen LogP contribution in [0, 0.1) is 6.92 Å². The van der Waals surface area contributed by atoms with Crippen molar-refractivity contribution in [2.24, 2.45) is 16.5 Å². The number of nitrogens with one attached hydrogen (secondary N) is 2. The quantitative estimate of drug-likeness (QED) is 0.159. The molecular weight excluding hydrogens is 550 g/mol. The van der Waals surface area contributed by atoms with Gasteiger partial charge in [-0.05, 0) is 78.5 Å². The summed E-state index contributed by atoms with van der Waals surface area (Å²) in [6, 6.07) is 10.5. The first-order valence-electron chi connectivity index (χ1n) is 14.0. The average molecular weight is 582 g/mol. The second-order valence-corrected chi connectivity index (χ2v) is 10.9. The Labute approximate surface area is 246 Å². The van der Waals surface area contributed by atoms with E-state index in [4.69, 9.17) is 11.5 Å². The van der Waals surface area contributed by atoms with Crippen LogP contribution in [-0.4, -0.2) is 54.5 Å². The minimum absolute atomic E-state index is 0.0326. The second-order valence-electron chi connectivity index (χ2n) is 10.9. The Morgan fingerprint density at radius 3 is 2.70 bits per heavy atom. The van der Waals surface area contributed by atoms with E-state index in [0.29, 0.717) is 18.4 Å². The molecule has 1 unspecified atom stereocenters. The Bertz CT molecular complexity index is 1810. The molecule has 2 aromatic heterocycles. The van der Waals surface area contributed by atoms with Gasteiger partial charge in [0, 0.05) is 12.6 Å². The van der Waals surface area contributed by atoms with Gasteiger partial charge in [-0.25, -0.2) is 14.8 Å². The van der Waals surface area contributed by atoms with Gasteiger partial charge < -0.3 is 27.2 Å². The zero-order valence-electron chi connectivity index (χ0n) is 23.5. The zero-order valence-corrected chi connectivity index (χ0v) is 23.5. The van der Waals surface area contributed by atoms with Crippen molar-refractivity contribution in [2.75, 3.05) is 0 Å². The first-order valence-corrected chi connectivity index (χ1v) is 14.0. The average Bonchev–Trinajstić information content (AvgIpc) is 3.62. The number of aromatic nitrogens is 4. The van der Waals surface area contributed by atoms with Crippen LogP contribution in [0.25, 0.3) is 5.78 Å². The monoisotopic (exact) mass is 581 g/mol. The predicted molar refractivity (Wildman–Crippen MR) is 157 cm³/mol. The standard InChI is InChI=1S/C30H31N9O4/c1-15-20-8-9-23(22(20)7-6-21(15)28(42)43)37-27(41)25-12-24(38-30-34-14-35-39(25)30)26(40)33-13-16-2-3-17-4-5-19(36-29(31)32)11-18(17)10-16/h2-3,6-7,10,12,14,19,23H,4-5,8-9,11,13H2,1H3,(H,33,40)(H,37,41)(H,42,43)(H4,31,32,36)/t19?,23-/m0/s1. The fraction of sp³-hybridized carbons (Fsp3) is 0.300. The van der Waals surface area contributed by atoms with Crippen LogP contribution in [0.15, 0.2) is 47.7 Å². The Morgan fingerprint density at radius 1 is 1.07 bits per heavy atom. The molecular formula is C30H31N9O4. The van der Waals surface area contributed by atoms with Crippen molar-refractivity contribution >= 4 is 29.5 Å². The topological polar surface area (TPSA) is 203 Å². The number of carbonyl (C=O) groups excluding carboxylic acids is 2. The van der Waals surface area contributed by atoms with Crippen LogP contribution < -0.4 is 22.1 Å². The van der Waals surface area contributed by atoms with Gasteiger partial charge in [0.2, 0.25) is 0 Å². The third-order valence-corrected chi connectivity index (χ3v) is 8.20. The summed E-state index contributed by atoms with van der Waals surface area (Å²) in [6.45, 7) is 2.05. The number of aromatic carboxylic acids is 1. The summed E-state index contributed by atoms with van der Waals surface area (Å²) in [6.07, 6.45) is 5.03. The summed E-state index contributed by atoms with van der Waals surface area (Å²) in [4.78, 5) is 50.9. The zero-order chi connectivity index (χ0) is 30.2. The molecule has 0 spiro atoms. The molecule has 0 fully saturated rings. The number of nitrogens with two attached hydrogens (primary N) is 2. The highest BCUT2D eigenvalue weighted by Gasteiger charge is 2.29. The Hall–Kier alpha value is -5.33. The molecule has 2 aliphatic carbocycles. The van der Waals surface area contributed by atoms with Gasteiger partial charge in [-0.3, -0.25) is 9.59 Å². The van der Waals surface area contributed by atoms with E-state index in [1.54, 1.807) is 19.1 Å². The number of carbonyl (C=O) groups is 3. The molecule has 4 aromatic rings. The van der Waals surface area contributed by atoms with Crippen molar-refractivity contribution in [3.8, 4) is 0 Å². The minimum atomic E-state index is -0.980. The van der Waals surface area contributed by atoms with Crippen molar-refractivity contribution in [3.63, 3.8) is 0 Å². The van der Waals surface area contributed by atoms with Crippen molar-refractivity contribution in [1.29, 1.82) is 0 Å². The summed E-state index contributed by atoms with van der Waals surface area (Å²) >= 11 is 0. The van der Waals surface area contributed by atoms with Gasteiger partial charge in [-0.1, -0.05) is 24.3 Å². The normalized spacial score (nSPS) is 17.1. The molecule has 0 radical (unpaired) electrons. The molecule has 0 bridgehead atoms. The highest BCUT2D eigenvalue weighted by molar-refractivity contribution is 5.98. The maximum Gasteiger partial charge on any atom is 0.335 e. The number of carboxylic acid groups (broad SMARTS) is 1. The predicted octanol–water partition coefficient (Wildman–Crippen LogP) is 1.61. The van der Waals surface area contributed by atoms with E-state index in [-0.39, 0.29) is 47.3 Å². The molecule has 2 heterocycles. The molecule has 2 atom stereocenters. The lowest BCUT2D eigenvalue weighted by Gasteiger charge is -2.22. The van der Waals surface area contributed by atoms with Crippen LogP contribution in [0.2, 0.25) is 0 Å². The van der Waals surface area contributed by atoms with E-state index in [0.717, 1.165) is 41.5 Å². The van der Waals surface area contributed by atoms with Crippen LogP contribution >= 0.6 is 0 Å². The summed E-state index contributed by atoms with van der Waals surface area (Å²) in [5, 5.41) is 19.5. The van der Waals surface area contributed by atoms with Crippen LogP contribution in [0.3, 0.4) is 0 Å². The molecule has 7 N–H and O–H groups in total. The van der Waals surface area contributed by atoms with Crippen LogP contribution in [0.4, 0.5) is 0 Å². The van der Waals surface area contributed by atoms with Gasteiger partial charge in [0.1, 0.15) is 17.7 Å². The van der Waals surface area contributed by atoms with Crippen LogP contribution in [0.5, 0.6) is 0 Å². The number of carboxylic acids is 1. The largest absolute Gasteiger partial charge is 0.478 e. The lowest BCUT2D eigenvalue weighted by Crippen LogP contribution is -2.31. The van der Waals surface area contributed by atoms with E-state index < -0.39 is 17.8 Å². The summed E-state index contributed by atoms with van der Waals surface area (Å²) in [7, 11) is 0. The van der Waals surface area contributed by atoms with E-state index in [9.17, 15) is 19.5 Å². The highest BCUT2D eigenvalue weighted by atomic mass is 16.4. The van der Waals surface area contributed by atoms with Crippen molar-refractivity contribution in [2.45, 2.75) is 57.7 Å². The lowest BCUT2D eigenvalue weighted by molar-refractivity contribution is 0.0695. The van der Waals surface area contributed by atoms with Gasteiger partial charge in [0.15, 0.2) is 5.96 Å². The van der Waals surface area contributed by atoms with Crippen molar-refractivity contribution < 1.29 is 19.5 Å². The molecule has 2 aromatic carbocycles. The molecule has 6 rings (SSSR count). The Morgan fingerprint density at radius 2 is 1.91 bits per heavy atom. The molecule has 0 aliphatic heterocycles. The van der Waals surface area contributed by atoms with Crippen molar-refractivity contribution in [1.82, 2.24) is 30.2 Å². The number of amides is 2. The fourth-order valence-electron chi connectivity index (χ4n) is 6.08. The Balaban J connectivity index is 1.18. The van der Waals surface area contributed by atoms with E-state index >= 15 is 0 Å². The lowest BCUT2D eigenvalue weighted by atomic mass is 9.87. The first-order chi connectivity index (χ1) is 20.7. The van der Waals surface area contributed by atoms with Crippen LogP contribution in [-0.2, 0) is 25.8 Å². The second kappa shape index (κ2) is 11.2. The third-order valence-electron chi connectivity index (χ3n) is 8.20. The maximum absolute atomic E-state index is 13.5. The number of nitrogens with zero attached hydrogens (tertiary/aromatic N) is 5. The molecule has 0 saturated carbocycles. The van der Waals surface area contributed by atoms with Crippen molar-refractivity contribution in [3.05, 3.63) is 93.1 Å². The van der Waals surface area contributed by atoms with Gasteiger partial charge in [0.25, 0.3) is 17.6 Å². The van der Waals surface area contributed by atoms with Gasteiger partial charge >= 0.3 is 5.97 Å². The van der Waals surface area contributed by atoms with Gasteiger partial charge in [0.05, 0.1) is 17.6 Å². The van der Waals surface area contributed by atoms with Gasteiger partial charge in [-0.2, -0.15) is 14.6 Å². The molecule has 220 valence electrons. The van der Waals surface area contributed by atoms with E-state index in [2.05, 4.69) is 42.8 Å². The minimum Gasteiger partial charge on any atom is -0.478 e. The summed E-state index contributed by atoms with van der Waals surface area (Å²) in [5.41, 5.74) is 17.4. The molecule has 43 heavy (non-hydrogen) atoms. The number of benzene rings is 2. The smallest absolute Gasteiger partial charge is 0.335 e. The van der Waals surface area contributed by atoms with Gasteiger partial charge in [-0.15, -0.1) is 0 Å². The number of hydrogen-bond acceptors (Lipinski definition) is 7.